The molecule has 0 bridgehead atoms. The van der Waals surface area contributed by atoms with Crippen molar-refractivity contribution in [3.63, 3.8) is 0 Å². The Hall–Kier alpha value is -1.20. The van der Waals surface area contributed by atoms with Crippen LogP contribution in [0.3, 0.4) is 0 Å². The highest BCUT2D eigenvalue weighted by molar-refractivity contribution is 7.98. The summed E-state index contributed by atoms with van der Waals surface area (Å²) in [5.41, 5.74) is 1.33. The molecule has 1 heterocycles. The van der Waals surface area contributed by atoms with Crippen molar-refractivity contribution < 1.29 is 9.53 Å². The molecule has 146 valence electrons. The zero-order valence-electron chi connectivity index (χ0n) is 16.6. The SMILES string of the molecule is CCN(CC1CCCN(CCc2cccc(OC)c2)C1)C(=O)CCSC. The Morgan fingerprint density at radius 2 is 2.27 bits per heavy atom. The van der Waals surface area contributed by atoms with E-state index in [1.807, 2.05) is 6.07 Å². The van der Waals surface area contributed by atoms with E-state index in [1.54, 1.807) is 18.9 Å². The van der Waals surface area contributed by atoms with Crippen LogP contribution >= 0.6 is 11.8 Å². The van der Waals surface area contributed by atoms with Gasteiger partial charge in [-0.25, -0.2) is 0 Å². The van der Waals surface area contributed by atoms with Crippen molar-refractivity contribution in [1.29, 1.82) is 0 Å². The third kappa shape index (κ3) is 6.84. The monoisotopic (exact) mass is 378 g/mol. The van der Waals surface area contributed by atoms with Crippen LogP contribution in [0.5, 0.6) is 5.75 Å². The highest BCUT2D eigenvalue weighted by atomic mass is 32.2. The van der Waals surface area contributed by atoms with Crippen molar-refractivity contribution in [1.82, 2.24) is 9.80 Å². The largest absolute Gasteiger partial charge is 0.497 e. The fraction of sp³-hybridized carbons (Fsp3) is 0.667. The standard InChI is InChI=1S/C21H34N2O2S/c1-4-23(21(24)11-14-26-3)17-19-8-6-12-22(16-19)13-10-18-7-5-9-20(15-18)25-2/h5,7,9,15,19H,4,6,8,10-14,16-17H2,1-3H3. The summed E-state index contributed by atoms with van der Waals surface area (Å²) in [6, 6.07) is 8.36. The maximum Gasteiger partial charge on any atom is 0.223 e. The van der Waals surface area contributed by atoms with E-state index in [9.17, 15) is 4.79 Å². The first-order valence-corrected chi connectivity index (χ1v) is 11.2. The van der Waals surface area contributed by atoms with Crippen LogP contribution in [0.15, 0.2) is 24.3 Å². The van der Waals surface area contributed by atoms with Crippen molar-refractivity contribution >= 4 is 17.7 Å². The Balaban J connectivity index is 1.81. The minimum absolute atomic E-state index is 0.315. The molecule has 2 rings (SSSR count). The summed E-state index contributed by atoms with van der Waals surface area (Å²) in [5.74, 6) is 2.77. The lowest BCUT2D eigenvalue weighted by molar-refractivity contribution is -0.131. The third-order valence-electron chi connectivity index (χ3n) is 5.19. The fourth-order valence-corrected chi connectivity index (χ4v) is 4.06. The number of likely N-dealkylation sites (tertiary alicyclic amines) is 1. The Bertz CT molecular complexity index is 553. The summed E-state index contributed by atoms with van der Waals surface area (Å²) in [6.45, 7) is 7.20. The molecule has 26 heavy (non-hydrogen) atoms. The minimum Gasteiger partial charge on any atom is -0.497 e. The van der Waals surface area contributed by atoms with Gasteiger partial charge in [-0.3, -0.25) is 4.79 Å². The summed E-state index contributed by atoms with van der Waals surface area (Å²) in [4.78, 5) is 17.0. The highest BCUT2D eigenvalue weighted by Gasteiger charge is 2.23. The summed E-state index contributed by atoms with van der Waals surface area (Å²) >= 11 is 1.75. The Morgan fingerprint density at radius 1 is 1.42 bits per heavy atom. The molecule has 1 aliphatic rings. The van der Waals surface area contributed by atoms with Gasteiger partial charge in [0.05, 0.1) is 7.11 Å². The Kier molecular flexibility index (Phi) is 9.33. The van der Waals surface area contributed by atoms with Crippen molar-refractivity contribution in [2.45, 2.75) is 32.6 Å². The van der Waals surface area contributed by atoms with Crippen LogP contribution in [0.4, 0.5) is 0 Å². The van der Waals surface area contributed by atoms with Crippen molar-refractivity contribution in [2.24, 2.45) is 5.92 Å². The van der Waals surface area contributed by atoms with Gasteiger partial charge in [0, 0.05) is 38.4 Å². The van der Waals surface area contributed by atoms with E-state index in [0.29, 0.717) is 18.2 Å². The lowest BCUT2D eigenvalue weighted by Crippen LogP contribution is -2.43. The second-order valence-corrected chi connectivity index (χ2v) is 8.07. The van der Waals surface area contributed by atoms with Gasteiger partial charge in [-0.15, -0.1) is 0 Å². The van der Waals surface area contributed by atoms with E-state index < -0.39 is 0 Å². The van der Waals surface area contributed by atoms with E-state index in [1.165, 1.54) is 24.9 Å². The van der Waals surface area contributed by atoms with Crippen LogP contribution in [0, 0.1) is 5.92 Å². The summed E-state index contributed by atoms with van der Waals surface area (Å²) in [6.07, 6.45) is 6.25. The summed E-state index contributed by atoms with van der Waals surface area (Å²) < 4.78 is 5.32. The number of amides is 1. The molecule has 1 atom stereocenters. The molecule has 0 aliphatic carbocycles. The number of hydrogen-bond acceptors (Lipinski definition) is 4. The third-order valence-corrected chi connectivity index (χ3v) is 5.80. The van der Waals surface area contributed by atoms with Gasteiger partial charge >= 0.3 is 0 Å². The van der Waals surface area contributed by atoms with E-state index >= 15 is 0 Å². The number of benzene rings is 1. The first-order valence-electron chi connectivity index (χ1n) is 9.78. The molecular weight excluding hydrogens is 344 g/mol. The van der Waals surface area contributed by atoms with Crippen LogP contribution < -0.4 is 4.74 Å². The number of carbonyl (C=O) groups excluding carboxylic acids is 1. The molecule has 1 aromatic carbocycles. The molecule has 1 unspecified atom stereocenters. The van der Waals surface area contributed by atoms with Crippen molar-refractivity contribution in [2.75, 3.05) is 51.8 Å². The van der Waals surface area contributed by atoms with Crippen LogP contribution in [0.1, 0.15) is 31.7 Å². The zero-order valence-corrected chi connectivity index (χ0v) is 17.4. The van der Waals surface area contributed by atoms with Crippen molar-refractivity contribution in [3.05, 3.63) is 29.8 Å². The lowest BCUT2D eigenvalue weighted by atomic mass is 9.96. The second-order valence-electron chi connectivity index (χ2n) is 7.09. The maximum absolute atomic E-state index is 12.3. The molecule has 5 heteroatoms. The zero-order chi connectivity index (χ0) is 18.8. The van der Waals surface area contributed by atoms with Crippen LogP contribution in [0.25, 0.3) is 0 Å². The summed E-state index contributed by atoms with van der Waals surface area (Å²) in [7, 11) is 1.72. The van der Waals surface area contributed by atoms with Gasteiger partial charge in [0.25, 0.3) is 0 Å². The normalized spacial score (nSPS) is 17.9. The van der Waals surface area contributed by atoms with Gasteiger partial charge in [0.15, 0.2) is 0 Å². The van der Waals surface area contributed by atoms with Gasteiger partial charge in [-0.05, 0) is 62.6 Å². The molecule has 0 aromatic heterocycles. The number of piperidine rings is 1. The predicted molar refractivity (Wildman–Crippen MR) is 111 cm³/mol. The Labute approximate surface area is 163 Å². The molecular formula is C21H34N2O2S. The quantitative estimate of drug-likeness (QED) is 0.623. The molecule has 0 spiro atoms. The number of ether oxygens (including phenoxy) is 1. The van der Waals surface area contributed by atoms with Gasteiger partial charge in [0.1, 0.15) is 5.75 Å². The second kappa shape index (κ2) is 11.5. The average molecular weight is 379 g/mol. The van der Waals surface area contributed by atoms with E-state index in [0.717, 1.165) is 44.1 Å². The number of nitrogens with zero attached hydrogens (tertiary/aromatic N) is 2. The molecule has 1 aromatic rings. The highest BCUT2D eigenvalue weighted by Crippen LogP contribution is 2.19. The molecule has 0 N–H and O–H groups in total. The molecule has 1 amide bonds. The van der Waals surface area contributed by atoms with E-state index in [4.69, 9.17) is 4.74 Å². The molecule has 0 saturated carbocycles. The predicted octanol–water partition coefficient (Wildman–Crippen LogP) is 3.55. The molecule has 4 nitrogen and oxygen atoms in total. The van der Waals surface area contributed by atoms with Crippen LogP contribution in [-0.4, -0.2) is 67.5 Å². The first-order chi connectivity index (χ1) is 12.7. The van der Waals surface area contributed by atoms with Gasteiger partial charge in [0.2, 0.25) is 5.91 Å². The van der Waals surface area contributed by atoms with Crippen LogP contribution in [0.2, 0.25) is 0 Å². The first kappa shape index (κ1) is 21.1. The van der Waals surface area contributed by atoms with E-state index in [2.05, 4.69) is 41.2 Å². The number of methoxy groups -OCH3 is 1. The smallest absolute Gasteiger partial charge is 0.223 e. The number of rotatable bonds is 10. The van der Waals surface area contributed by atoms with Crippen molar-refractivity contribution in [3.8, 4) is 5.75 Å². The molecule has 1 fully saturated rings. The minimum atomic E-state index is 0.315. The van der Waals surface area contributed by atoms with Gasteiger partial charge in [-0.1, -0.05) is 12.1 Å². The lowest BCUT2D eigenvalue weighted by Gasteiger charge is -2.35. The summed E-state index contributed by atoms with van der Waals surface area (Å²) in [5, 5.41) is 0. The Morgan fingerprint density at radius 3 is 3.00 bits per heavy atom. The van der Waals surface area contributed by atoms with Gasteiger partial charge in [-0.2, -0.15) is 11.8 Å². The average Bonchev–Trinajstić information content (AvgIpc) is 2.69. The molecule has 1 saturated heterocycles. The topological polar surface area (TPSA) is 32.8 Å². The number of thioether (sulfide) groups is 1. The fourth-order valence-electron chi connectivity index (χ4n) is 3.69. The maximum atomic E-state index is 12.3. The number of carbonyl (C=O) groups is 1. The van der Waals surface area contributed by atoms with E-state index in [-0.39, 0.29) is 0 Å². The van der Waals surface area contributed by atoms with Gasteiger partial charge < -0.3 is 14.5 Å². The molecule has 0 radical (unpaired) electrons. The van der Waals surface area contributed by atoms with Crippen LogP contribution in [-0.2, 0) is 11.2 Å². The number of hydrogen-bond donors (Lipinski definition) is 0. The molecule has 1 aliphatic heterocycles.